The fourth-order valence-electron chi connectivity index (χ4n) is 2.06. The molecule has 0 bridgehead atoms. The van der Waals surface area contributed by atoms with Crippen LogP contribution in [0, 0.1) is 5.21 Å². The number of morpholine rings is 1. The van der Waals surface area contributed by atoms with E-state index >= 15 is 0 Å². The quantitative estimate of drug-likeness (QED) is 0.613. The molecule has 2 aromatic rings. The molecule has 1 fully saturated rings. The molecule has 0 radical (unpaired) electrons. The molecule has 1 aromatic carbocycles. The molecule has 1 aromatic heterocycles. The summed E-state index contributed by atoms with van der Waals surface area (Å²) in [5, 5.41) is 15.0. The van der Waals surface area contributed by atoms with Gasteiger partial charge in [0.1, 0.15) is 18.8 Å². The van der Waals surface area contributed by atoms with Crippen molar-refractivity contribution < 1.29 is 9.47 Å². The number of rotatable bonds is 2. The van der Waals surface area contributed by atoms with E-state index in [0.717, 1.165) is 34.2 Å². The van der Waals surface area contributed by atoms with Gasteiger partial charge in [0.15, 0.2) is 0 Å². The predicted molar refractivity (Wildman–Crippen MR) is 71.7 cm³/mol. The van der Waals surface area contributed by atoms with E-state index in [9.17, 15) is 5.21 Å². The Morgan fingerprint density at radius 3 is 2.61 bits per heavy atom. The molecular weight excluding hydrogens is 248 g/mol. The van der Waals surface area contributed by atoms with Gasteiger partial charge in [0.25, 0.3) is 0 Å². The van der Waals surface area contributed by atoms with E-state index in [1.165, 1.54) is 11.3 Å². The summed E-state index contributed by atoms with van der Waals surface area (Å²) in [5.74, 6) is 0. The van der Waals surface area contributed by atoms with Crippen molar-refractivity contribution in [2.45, 2.75) is 0 Å². The van der Waals surface area contributed by atoms with Crippen molar-refractivity contribution in [3.63, 3.8) is 0 Å². The second kappa shape index (κ2) is 4.96. The van der Waals surface area contributed by atoms with Crippen LogP contribution in [0.5, 0.6) is 0 Å². The highest BCUT2D eigenvalue weighted by Crippen LogP contribution is 2.25. The minimum absolute atomic E-state index is 0.693. The summed E-state index contributed by atoms with van der Waals surface area (Å²) < 4.78 is 6.34. The second-order valence-corrected chi connectivity index (χ2v) is 5.00. The molecule has 0 spiro atoms. The average molecular weight is 262 g/mol. The van der Waals surface area contributed by atoms with E-state index in [2.05, 4.69) is 4.90 Å². The molecule has 0 amide bonds. The van der Waals surface area contributed by atoms with Gasteiger partial charge < -0.3 is 9.94 Å². The van der Waals surface area contributed by atoms with Crippen LogP contribution in [0.15, 0.2) is 35.7 Å². The van der Waals surface area contributed by atoms with Gasteiger partial charge in [-0.2, -0.15) is 0 Å². The third kappa shape index (κ3) is 2.07. The molecule has 18 heavy (non-hydrogen) atoms. The summed E-state index contributed by atoms with van der Waals surface area (Å²) in [6.45, 7) is 2.96. The largest absolute Gasteiger partial charge is 0.710 e. The summed E-state index contributed by atoms with van der Waals surface area (Å²) in [7, 11) is 0. The van der Waals surface area contributed by atoms with Crippen molar-refractivity contribution in [2.24, 2.45) is 0 Å². The molecular formula is C13H14N2O2S. The van der Waals surface area contributed by atoms with Crippen molar-refractivity contribution >= 4 is 16.5 Å². The lowest BCUT2D eigenvalue weighted by molar-refractivity contribution is -0.575. The van der Waals surface area contributed by atoms with Crippen molar-refractivity contribution in [1.29, 1.82) is 0 Å². The fourth-order valence-corrected chi connectivity index (χ4v) is 3.03. The minimum Gasteiger partial charge on any atom is -0.710 e. The first-order valence-electron chi connectivity index (χ1n) is 5.95. The number of anilines is 1. The van der Waals surface area contributed by atoms with Gasteiger partial charge in [-0.05, 0) is 0 Å². The number of ether oxygens (including phenoxy) is 1. The molecule has 94 valence electrons. The Bertz CT molecular complexity index is 521. The van der Waals surface area contributed by atoms with Crippen LogP contribution in [0.25, 0.3) is 11.3 Å². The van der Waals surface area contributed by atoms with Crippen LogP contribution in [0.2, 0.25) is 0 Å². The zero-order chi connectivity index (χ0) is 12.4. The van der Waals surface area contributed by atoms with E-state index in [0.29, 0.717) is 13.2 Å². The topological polar surface area (TPSA) is 39.4 Å². The molecule has 1 saturated heterocycles. The summed E-state index contributed by atoms with van der Waals surface area (Å²) in [4.78, 5) is 2.09. The number of aromatic nitrogens is 1. The van der Waals surface area contributed by atoms with Gasteiger partial charge in [-0.25, -0.2) is 9.63 Å². The normalized spacial score (nSPS) is 15.9. The summed E-state index contributed by atoms with van der Waals surface area (Å²) in [6.07, 6.45) is 0. The van der Waals surface area contributed by atoms with Gasteiger partial charge in [0, 0.05) is 10.9 Å². The molecule has 1 aliphatic heterocycles. The van der Waals surface area contributed by atoms with E-state index in [4.69, 9.17) is 4.74 Å². The Hall–Kier alpha value is -1.59. The molecule has 2 heterocycles. The van der Waals surface area contributed by atoms with Crippen LogP contribution in [0.4, 0.5) is 5.13 Å². The fraction of sp³-hybridized carbons (Fsp3) is 0.308. The number of hydrogen-bond donors (Lipinski definition) is 0. The third-order valence-electron chi connectivity index (χ3n) is 3.02. The van der Waals surface area contributed by atoms with Crippen LogP contribution in [0.1, 0.15) is 0 Å². The van der Waals surface area contributed by atoms with Crippen LogP contribution in [-0.2, 0) is 4.74 Å². The molecule has 0 unspecified atom stereocenters. The van der Waals surface area contributed by atoms with Gasteiger partial charge in [0.2, 0.25) is 0 Å². The minimum atomic E-state index is 0.693. The smallest absolute Gasteiger partial charge is 0.339 e. The number of hydrogen-bond acceptors (Lipinski definition) is 4. The third-order valence-corrected chi connectivity index (χ3v) is 4.00. The summed E-state index contributed by atoms with van der Waals surface area (Å²) >= 11 is 1.50. The molecule has 1 aliphatic rings. The van der Waals surface area contributed by atoms with E-state index in [1.54, 1.807) is 0 Å². The van der Waals surface area contributed by atoms with E-state index < -0.39 is 0 Å². The molecule has 0 atom stereocenters. The second-order valence-electron chi connectivity index (χ2n) is 4.16. The molecule has 5 heteroatoms. The Balaban J connectivity index is 1.92. The Kier molecular flexibility index (Phi) is 3.17. The lowest BCUT2D eigenvalue weighted by Crippen LogP contribution is -2.43. The number of thiazole rings is 1. The van der Waals surface area contributed by atoms with Crippen LogP contribution in [-0.4, -0.2) is 26.3 Å². The Morgan fingerprint density at radius 1 is 1.17 bits per heavy atom. The first kappa shape index (κ1) is 11.5. The zero-order valence-corrected chi connectivity index (χ0v) is 10.7. The summed E-state index contributed by atoms with van der Waals surface area (Å²) in [6, 6.07) is 9.76. The molecule has 0 aliphatic carbocycles. The molecule has 0 saturated carbocycles. The van der Waals surface area contributed by atoms with E-state index in [1.807, 2.05) is 35.7 Å². The van der Waals surface area contributed by atoms with Crippen molar-refractivity contribution in [1.82, 2.24) is 0 Å². The maximum absolute atomic E-state index is 12.3. The standard InChI is InChI=1S/C13H14N2O2S/c16-15-12(11-4-2-1-3-5-11)10-18-13(15)14-6-8-17-9-7-14/h1-5,10H,6-9H2. The van der Waals surface area contributed by atoms with Crippen LogP contribution < -0.4 is 9.63 Å². The Labute approximate surface area is 110 Å². The van der Waals surface area contributed by atoms with Crippen molar-refractivity contribution in [3.05, 3.63) is 40.9 Å². The lowest BCUT2D eigenvalue weighted by atomic mass is 10.2. The van der Waals surface area contributed by atoms with Gasteiger partial charge in [-0.1, -0.05) is 41.7 Å². The summed E-state index contributed by atoms with van der Waals surface area (Å²) in [5.41, 5.74) is 1.69. The highest BCUT2D eigenvalue weighted by molar-refractivity contribution is 7.13. The number of nitrogens with zero attached hydrogens (tertiary/aromatic N) is 2. The van der Waals surface area contributed by atoms with Crippen LogP contribution >= 0.6 is 11.3 Å². The van der Waals surface area contributed by atoms with Gasteiger partial charge in [-0.3, -0.25) is 0 Å². The van der Waals surface area contributed by atoms with Crippen LogP contribution in [0.3, 0.4) is 0 Å². The molecule has 3 rings (SSSR count). The molecule has 0 N–H and O–H groups in total. The molecule has 4 nitrogen and oxygen atoms in total. The van der Waals surface area contributed by atoms with Gasteiger partial charge in [-0.15, -0.1) is 0 Å². The monoisotopic (exact) mass is 262 g/mol. The predicted octanol–water partition coefficient (Wildman–Crippen LogP) is 1.89. The van der Waals surface area contributed by atoms with Gasteiger partial charge >= 0.3 is 5.13 Å². The van der Waals surface area contributed by atoms with Crippen molar-refractivity contribution in [3.8, 4) is 11.3 Å². The SMILES string of the molecule is [O-][n+]1c(-c2ccccc2)csc1N1CCOCC1. The van der Waals surface area contributed by atoms with E-state index in [-0.39, 0.29) is 0 Å². The maximum Gasteiger partial charge on any atom is 0.339 e. The Morgan fingerprint density at radius 2 is 1.89 bits per heavy atom. The average Bonchev–Trinajstić information content (AvgIpc) is 2.83. The highest BCUT2D eigenvalue weighted by Gasteiger charge is 2.24. The number of benzene rings is 1. The zero-order valence-electron chi connectivity index (χ0n) is 9.91. The first-order valence-corrected chi connectivity index (χ1v) is 6.83. The lowest BCUT2D eigenvalue weighted by Gasteiger charge is -2.22. The first-order chi connectivity index (χ1) is 8.86. The van der Waals surface area contributed by atoms with Gasteiger partial charge in [0.05, 0.1) is 13.2 Å². The maximum atomic E-state index is 12.3. The van der Waals surface area contributed by atoms with Crippen molar-refractivity contribution in [2.75, 3.05) is 31.2 Å². The highest BCUT2D eigenvalue weighted by atomic mass is 32.1.